The summed E-state index contributed by atoms with van der Waals surface area (Å²) in [6, 6.07) is 13.8. The number of carbonyl (C=O) groups is 1. The molecular weight excluding hydrogens is 324 g/mol. The van der Waals surface area contributed by atoms with Crippen LogP contribution in [0.4, 0.5) is 8.78 Å². The Labute approximate surface area is 144 Å². The monoisotopic (exact) mass is 341 g/mol. The lowest BCUT2D eigenvalue weighted by molar-refractivity contribution is 0.0696. The van der Waals surface area contributed by atoms with E-state index in [1.54, 1.807) is 37.3 Å². The van der Waals surface area contributed by atoms with Crippen LogP contribution in [-0.4, -0.2) is 15.6 Å². The summed E-state index contributed by atoms with van der Waals surface area (Å²) < 4.78 is 28.5. The molecule has 25 heavy (non-hydrogen) atoms. The van der Waals surface area contributed by atoms with E-state index in [4.69, 9.17) is 0 Å². The standard InChI is InChI=1S/C20H17F2NO2/c1-13-18(20(24)25)12-19(15-3-2-4-17(22)11-15)23(13)10-9-14-5-7-16(21)8-6-14/h2-8,11-12H,9-10H2,1H3,(H,24,25). The first-order chi connectivity index (χ1) is 12.0. The van der Waals surface area contributed by atoms with Gasteiger partial charge in [-0.3, -0.25) is 0 Å². The summed E-state index contributed by atoms with van der Waals surface area (Å²) in [6.45, 7) is 2.24. The maximum Gasteiger partial charge on any atom is 0.337 e. The van der Waals surface area contributed by atoms with Gasteiger partial charge in [0.15, 0.2) is 0 Å². The van der Waals surface area contributed by atoms with Gasteiger partial charge in [-0.1, -0.05) is 24.3 Å². The highest BCUT2D eigenvalue weighted by molar-refractivity contribution is 5.91. The van der Waals surface area contributed by atoms with Crippen LogP contribution >= 0.6 is 0 Å². The highest BCUT2D eigenvalue weighted by Crippen LogP contribution is 2.27. The van der Waals surface area contributed by atoms with E-state index in [2.05, 4.69) is 0 Å². The van der Waals surface area contributed by atoms with Crippen molar-refractivity contribution in [2.45, 2.75) is 19.9 Å². The average Bonchev–Trinajstić information content (AvgIpc) is 2.91. The van der Waals surface area contributed by atoms with Crippen LogP contribution in [0.1, 0.15) is 21.6 Å². The second kappa shape index (κ2) is 6.89. The number of rotatable bonds is 5. The quantitative estimate of drug-likeness (QED) is 0.732. The summed E-state index contributed by atoms with van der Waals surface area (Å²) in [5.74, 6) is -1.69. The number of aromatic nitrogens is 1. The van der Waals surface area contributed by atoms with E-state index in [0.717, 1.165) is 5.56 Å². The SMILES string of the molecule is Cc1c(C(=O)O)cc(-c2cccc(F)c2)n1CCc1ccc(F)cc1. The van der Waals surface area contributed by atoms with Crippen LogP contribution in [0.15, 0.2) is 54.6 Å². The molecular formula is C20H17F2NO2. The summed E-state index contributed by atoms with van der Waals surface area (Å²) in [4.78, 5) is 11.5. The smallest absolute Gasteiger partial charge is 0.337 e. The fourth-order valence-electron chi connectivity index (χ4n) is 2.93. The summed E-state index contributed by atoms with van der Waals surface area (Å²) >= 11 is 0. The number of hydrogen-bond donors (Lipinski definition) is 1. The van der Waals surface area contributed by atoms with Crippen LogP contribution in [0, 0.1) is 18.6 Å². The molecule has 3 nitrogen and oxygen atoms in total. The van der Waals surface area contributed by atoms with E-state index in [-0.39, 0.29) is 17.2 Å². The van der Waals surface area contributed by atoms with Crippen molar-refractivity contribution in [1.29, 1.82) is 0 Å². The molecule has 0 radical (unpaired) electrons. The Morgan fingerprint density at radius 1 is 1.04 bits per heavy atom. The van der Waals surface area contributed by atoms with Gasteiger partial charge in [-0.05, 0) is 49.2 Å². The number of hydrogen-bond acceptors (Lipinski definition) is 1. The first-order valence-corrected chi connectivity index (χ1v) is 7.89. The second-order valence-electron chi connectivity index (χ2n) is 5.87. The maximum atomic E-state index is 13.6. The lowest BCUT2D eigenvalue weighted by atomic mass is 10.1. The average molecular weight is 341 g/mol. The van der Waals surface area contributed by atoms with Gasteiger partial charge in [-0.15, -0.1) is 0 Å². The molecule has 1 aromatic heterocycles. The van der Waals surface area contributed by atoms with Gasteiger partial charge in [0.25, 0.3) is 0 Å². The molecule has 3 rings (SSSR count). The number of halogens is 2. The number of nitrogens with zero attached hydrogens (tertiary/aromatic N) is 1. The molecule has 0 spiro atoms. The van der Waals surface area contributed by atoms with Gasteiger partial charge in [0.2, 0.25) is 0 Å². The lowest BCUT2D eigenvalue weighted by Gasteiger charge is -2.12. The molecule has 0 aliphatic heterocycles. The van der Waals surface area contributed by atoms with Gasteiger partial charge in [-0.2, -0.15) is 0 Å². The van der Waals surface area contributed by atoms with Crippen molar-refractivity contribution in [2.75, 3.05) is 0 Å². The van der Waals surface area contributed by atoms with Crippen molar-refractivity contribution in [3.05, 3.63) is 83.1 Å². The zero-order valence-corrected chi connectivity index (χ0v) is 13.7. The molecule has 0 saturated heterocycles. The molecule has 2 aromatic carbocycles. The Morgan fingerprint density at radius 2 is 1.76 bits per heavy atom. The molecule has 0 aliphatic rings. The van der Waals surface area contributed by atoms with Crippen LogP contribution < -0.4 is 0 Å². The third-order valence-corrected chi connectivity index (χ3v) is 4.25. The Hall–Kier alpha value is -2.95. The first-order valence-electron chi connectivity index (χ1n) is 7.89. The zero-order chi connectivity index (χ0) is 18.0. The molecule has 0 bridgehead atoms. The van der Waals surface area contributed by atoms with Crippen LogP contribution in [0.3, 0.4) is 0 Å². The Balaban J connectivity index is 1.98. The van der Waals surface area contributed by atoms with Gasteiger partial charge in [-0.25, -0.2) is 13.6 Å². The molecule has 3 aromatic rings. The second-order valence-corrected chi connectivity index (χ2v) is 5.87. The lowest BCUT2D eigenvalue weighted by Crippen LogP contribution is -2.07. The zero-order valence-electron chi connectivity index (χ0n) is 13.7. The maximum absolute atomic E-state index is 13.6. The van der Waals surface area contributed by atoms with Crippen molar-refractivity contribution in [1.82, 2.24) is 4.57 Å². The minimum Gasteiger partial charge on any atom is -0.478 e. The Morgan fingerprint density at radius 3 is 2.40 bits per heavy atom. The topological polar surface area (TPSA) is 42.2 Å². The molecule has 0 unspecified atom stereocenters. The van der Waals surface area contributed by atoms with Crippen LogP contribution in [0.5, 0.6) is 0 Å². The normalized spacial score (nSPS) is 10.8. The Kier molecular flexibility index (Phi) is 4.65. The van der Waals surface area contributed by atoms with Crippen molar-refractivity contribution in [3.63, 3.8) is 0 Å². The molecule has 0 amide bonds. The summed E-state index contributed by atoms with van der Waals surface area (Å²) in [5, 5.41) is 9.39. The fourth-order valence-corrected chi connectivity index (χ4v) is 2.93. The van der Waals surface area contributed by atoms with Crippen molar-refractivity contribution < 1.29 is 18.7 Å². The van der Waals surface area contributed by atoms with Gasteiger partial charge in [0, 0.05) is 23.5 Å². The molecule has 0 atom stereocenters. The fraction of sp³-hybridized carbons (Fsp3) is 0.150. The van der Waals surface area contributed by atoms with E-state index < -0.39 is 5.97 Å². The van der Waals surface area contributed by atoms with E-state index in [1.807, 2.05) is 4.57 Å². The third-order valence-electron chi connectivity index (χ3n) is 4.25. The summed E-state index contributed by atoms with van der Waals surface area (Å²) in [6.07, 6.45) is 0.608. The van der Waals surface area contributed by atoms with Crippen LogP contribution in [0.25, 0.3) is 11.3 Å². The van der Waals surface area contributed by atoms with Crippen molar-refractivity contribution in [3.8, 4) is 11.3 Å². The number of carboxylic acids is 1. The number of aryl methyl sites for hydroxylation is 1. The molecule has 1 heterocycles. The van der Waals surface area contributed by atoms with Gasteiger partial charge >= 0.3 is 5.97 Å². The molecule has 0 aliphatic carbocycles. The minimum absolute atomic E-state index is 0.193. The predicted octanol–water partition coefficient (Wildman–Crippen LogP) is 4.68. The van der Waals surface area contributed by atoms with Crippen LogP contribution in [0.2, 0.25) is 0 Å². The van der Waals surface area contributed by atoms with E-state index in [9.17, 15) is 18.7 Å². The minimum atomic E-state index is -1.02. The van der Waals surface area contributed by atoms with E-state index in [0.29, 0.717) is 29.9 Å². The highest BCUT2D eigenvalue weighted by Gasteiger charge is 2.18. The summed E-state index contributed by atoms with van der Waals surface area (Å²) in [7, 11) is 0. The number of aromatic carboxylic acids is 1. The third kappa shape index (κ3) is 3.60. The van der Waals surface area contributed by atoms with E-state index in [1.165, 1.54) is 24.3 Å². The van der Waals surface area contributed by atoms with Crippen LogP contribution in [-0.2, 0) is 13.0 Å². The number of benzene rings is 2. The van der Waals surface area contributed by atoms with Crippen molar-refractivity contribution >= 4 is 5.97 Å². The molecule has 5 heteroatoms. The molecule has 1 N–H and O–H groups in total. The Bertz CT molecular complexity index is 914. The number of carboxylic acid groups (broad SMARTS) is 1. The highest BCUT2D eigenvalue weighted by atomic mass is 19.1. The largest absolute Gasteiger partial charge is 0.478 e. The van der Waals surface area contributed by atoms with Crippen molar-refractivity contribution in [2.24, 2.45) is 0 Å². The first kappa shape index (κ1) is 16.9. The van der Waals surface area contributed by atoms with E-state index >= 15 is 0 Å². The van der Waals surface area contributed by atoms with Gasteiger partial charge < -0.3 is 9.67 Å². The molecule has 128 valence electrons. The van der Waals surface area contributed by atoms with Gasteiger partial charge in [0.05, 0.1) is 5.56 Å². The molecule has 0 saturated carbocycles. The predicted molar refractivity (Wildman–Crippen MR) is 91.6 cm³/mol. The van der Waals surface area contributed by atoms with Gasteiger partial charge in [0.1, 0.15) is 11.6 Å². The summed E-state index contributed by atoms with van der Waals surface area (Å²) in [5.41, 5.74) is 3.01. The molecule has 0 fully saturated rings.